The Morgan fingerprint density at radius 2 is 1.05 bits per heavy atom. The number of Topliss-reactive ketones (excluding diaryl/α,β-unsaturated/α-hetero) is 1. The van der Waals surface area contributed by atoms with Crippen molar-refractivity contribution in [3.05, 3.63) is 176 Å². The SMILES string of the molecule is O=C(CCN1C(=O)C=CC1=O)NC(Cc1ccc(C#Cc2ccc(C#Cc3ccc(N4CCSSCC4)cc3)cc2)cc1)C(=O)CCc1ccncc1.[C-]#N.[C-]#N.[C-]#N.[C-]#N.[C-]#N.[Os]. The molecule has 1 aromatic heterocycles. The zero-order valence-corrected chi connectivity index (χ0v) is 38.4. The van der Waals surface area contributed by atoms with E-state index in [2.05, 4.69) is 63.1 Å². The van der Waals surface area contributed by atoms with Crippen LogP contribution in [0.5, 0.6) is 0 Å². The van der Waals surface area contributed by atoms with Crippen molar-refractivity contribution >= 4 is 50.8 Å². The Morgan fingerprint density at radius 3 is 1.50 bits per heavy atom. The number of carbonyl (C=O) groups is 4. The molecule has 4 aromatic rings. The van der Waals surface area contributed by atoms with Gasteiger partial charge in [0.1, 0.15) is 0 Å². The molecule has 13 nitrogen and oxygen atoms in total. The van der Waals surface area contributed by atoms with E-state index in [1.165, 1.54) is 17.8 Å². The Labute approximate surface area is 396 Å². The van der Waals surface area contributed by atoms with Crippen molar-refractivity contribution in [3.8, 4) is 23.7 Å². The number of hydrogen-bond donors (Lipinski definition) is 1. The number of rotatable bonds is 11. The van der Waals surface area contributed by atoms with Crippen LogP contribution >= 0.6 is 21.6 Å². The van der Waals surface area contributed by atoms with Gasteiger partial charge in [0.15, 0.2) is 5.78 Å². The summed E-state index contributed by atoms with van der Waals surface area (Å²) < 4.78 is 0. The van der Waals surface area contributed by atoms with E-state index in [-0.39, 0.29) is 45.0 Å². The molecule has 0 spiro atoms. The van der Waals surface area contributed by atoms with Gasteiger partial charge < -0.3 is 69.4 Å². The molecule has 1 N–H and O–H groups in total. The summed E-state index contributed by atoms with van der Waals surface area (Å²) in [5.74, 6) is 13.8. The molecule has 1 unspecified atom stereocenters. The summed E-state index contributed by atoms with van der Waals surface area (Å²) >= 11 is 0. The third kappa shape index (κ3) is 19.9. The number of amides is 3. The third-order valence-corrected chi connectivity index (χ3v) is 11.1. The van der Waals surface area contributed by atoms with E-state index >= 15 is 0 Å². The number of ketones is 1. The van der Waals surface area contributed by atoms with Crippen molar-refractivity contribution in [3.63, 3.8) is 0 Å². The average molecular weight is 1060 g/mol. The predicted molar refractivity (Wildman–Crippen MR) is 237 cm³/mol. The minimum absolute atomic E-state index is 0. The molecule has 3 amide bonds. The van der Waals surface area contributed by atoms with Gasteiger partial charge in [0.25, 0.3) is 11.8 Å². The van der Waals surface area contributed by atoms with E-state index < -0.39 is 23.8 Å². The zero-order chi connectivity index (χ0) is 46.8. The molecule has 64 heavy (non-hydrogen) atoms. The Balaban J connectivity index is 0.00000337. The Bertz CT molecular complexity index is 2280. The van der Waals surface area contributed by atoms with E-state index in [0.29, 0.717) is 12.8 Å². The Kier molecular flexibility index (Phi) is 30.2. The van der Waals surface area contributed by atoms with Gasteiger partial charge >= 0.3 is 0 Å². The first-order chi connectivity index (χ1) is 30.9. The second-order valence-corrected chi connectivity index (χ2v) is 15.2. The number of aryl methyl sites for hydroxylation is 1. The number of carbonyl (C=O) groups excluding carboxylic acids is 4. The second kappa shape index (κ2) is 34.2. The summed E-state index contributed by atoms with van der Waals surface area (Å²) in [7, 11) is 3.88. The molecule has 0 aliphatic carbocycles. The first-order valence-corrected chi connectivity index (χ1v) is 21.1. The van der Waals surface area contributed by atoms with E-state index in [4.69, 9.17) is 59.2 Å². The van der Waals surface area contributed by atoms with Gasteiger partial charge in [0, 0.05) is 116 Å². The summed E-state index contributed by atoms with van der Waals surface area (Å²) in [6.07, 6.45) is 6.68. The maximum atomic E-state index is 13.4. The summed E-state index contributed by atoms with van der Waals surface area (Å²) in [5, 5.41) is 34.1. The molecule has 2 aliphatic rings. The van der Waals surface area contributed by atoms with Crippen LogP contribution in [0.25, 0.3) is 0 Å². The fourth-order valence-electron chi connectivity index (χ4n) is 5.79. The quantitative estimate of drug-likeness (QED) is 0.0778. The predicted octanol–water partition coefficient (Wildman–Crippen LogP) is 6.11. The van der Waals surface area contributed by atoms with Crippen LogP contribution < -0.4 is 10.2 Å². The van der Waals surface area contributed by atoms with Crippen LogP contribution in [0.3, 0.4) is 0 Å². The Morgan fingerprint density at radius 1 is 0.625 bits per heavy atom. The zero-order valence-electron chi connectivity index (χ0n) is 34.2. The first-order valence-electron chi connectivity index (χ1n) is 18.6. The molecule has 3 aromatic carbocycles. The van der Waals surface area contributed by atoms with E-state index in [9.17, 15) is 19.2 Å². The van der Waals surface area contributed by atoms with Crippen molar-refractivity contribution in [2.75, 3.05) is 36.0 Å². The fraction of sp³-hybridized carbons (Fsp3) is 0.208. The van der Waals surface area contributed by atoms with Crippen molar-refractivity contribution < 1.29 is 39.0 Å². The summed E-state index contributed by atoms with van der Waals surface area (Å²) in [5.41, 5.74) is 6.67. The number of benzene rings is 3. The number of anilines is 1. The third-order valence-electron chi connectivity index (χ3n) is 8.78. The molecule has 16 heteroatoms. The summed E-state index contributed by atoms with van der Waals surface area (Å²) in [6, 6.07) is 26.9. The number of imide groups is 1. The second-order valence-electron chi connectivity index (χ2n) is 12.5. The van der Waals surface area contributed by atoms with Crippen molar-refractivity contribution in [2.24, 2.45) is 0 Å². The number of aromatic nitrogens is 1. The van der Waals surface area contributed by atoms with Crippen LogP contribution in [0, 0.1) is 82.9 Å². The van der Waals surface area contributed by atoms with E-state index in [0.717, 1.165) is 62.9 Å². The normalized spacial score (nSPS) is 12.1. The number of pyridine rings is 1. The molecule has 2 aliphatic heterocycles. The van der Waals surface area contributed by atoms with E-state index in [1.807, 2.05) is 82.3 Å². The van der Waals surface area contributed by atoms with Gasteiger partial charge in [-0.25, -0.2) is 0 Å². The number of nitrogens with one attached hydrogen (secondary N) is 1. The molecule has 3 heterocycles. The smallest absolute Gasteiger partial charge is 0.253 e. The number of nitrogens with zero attached hydrogens (tertiary/aromatic N) is 8. The Hall–Kier alpha value is -7.46. The molecule has 1 atom stereocenters. The van der Waals surface area contributed by atoms with Crippen LogP contribution in [0.2, 0.25) is 0 Å². The molecule has 1 saturated heterocycles. The van der Waals surface area contributed by atoms with E-state index in [1.54, 1.807) is 12.4 Å². The maximum absolute atomic E-state index is 13.4. The van der Waals surface area contributed by atoms with Crippen LogP contribution in [0.15, 0.2) is 109 Å². The van der Waals surface area contributed by atoms with Gasteiger partial charge in [0.2, 0.25) is 5.91 Å². The van der Waals surface area contributed by atoms with Gasteiger partial charge in [0.05, 0.1) is 6.04 Å². The van der Waals surface area contributed by atoms with Crippen LogP contribution in [-0.2, 0) is 51.8 Å². The molecule has 0 radical (unpaired) electrons. The minimum atomic E-state index is -0.770. The van der Waals surface area contributed by atoms with Crippen LogP contribution in [0.1, 0.15) is 46.2 Å². The summed E-state index contributed by atoms with van der Waals surface area (Å²) in [6.45, 7) is 25.8. The monoisotopic (exact) mass is 1060 g/mol. The van der Waals surface area contributed by atoms with Crippen molar-refractivity contribution in [1.82, 2.24) is 15.2 Å². The number of hydrogen-bond acceptors (Lipinski definition) is 13. The standard InChI is InChI=1S/C43H38N4O4S2.5CN.Os/c48-40(18-15-36-21-24-44-25-22-36)39(45-41(49)23-26-47-42(50)19-20-43(47)51)31-37-11-9-34(10-12-37)6-5-32-1-3-33(4-2-32)7-8-35-13-16-38(17-14-35)46-27-29-52-53-30-28-46;5*1-2;/h1-4,9-14,16-17,19-22,24-25,39H,15,18,23,26-31H2,(H,45,49);;;;;;/q;5*-1;. The molecular weight excluding hydrogens is 1020 g/mol. The van der Waals surface area contributed by atoms with Crippen LogP contribution in [0.4, 0.5) is 5.69 Å². The van der Waals surface area contributed by atoms with Gasteiger partial charge in [-0.1, -0.05) is 57.4 Å². The average Bonchev–Trinajstić information content (AvgIpc) is 3.49. The fourth-order valence-corrected chi connectivity index (χ4v) is 7.77. The van der Waals surface area contributed by atoms with Gasteiger partial charge in [-0.05, 0) is 96.8 Å². The van der Waals surface area contributed by atoms with Crippen LogP contribution in [-0.4, -0.2) is 70.6 Å². The van der Waals surface area contributed by atoms with Gasteiger partial charge in [-0.2, -0.15) is 0 Å². The topological polar surface area (TPSA) is 219 Å². The molecule has 1 fully saturated rings. The molecule has 6 rings (SSSR count). The molecule has 0 bridgehead atoms. The first kappa shape index (κ1) is 56.5. The van der Waals surface area contributed by atoms with Crippen molar-refractivity contribution in [1.29, 1.82) is 26.3 Å². The van der Waals surface area contributed by atoms with Gasteiger partial charge in [-0.3, -0.25) is 29.1 Å². The van der Waals surface area contributed by atoms with Gasteiger partial charge in [-0.15, -0.1) is 0 Å². The van der Waals surface area contributed by atoms with Crippen molar-refractivity contribution in [2.45, 2.75) is 31.7 Å². The minimum Gasteiger partial charge on any atom is -0.512 e. The summed E-state index contributed by atoms with van der Waals surface area (Å²) in [4.78, 5) is 57.5. The molecular formula is C48H38N9O4OsS2-5. The maximum Gasteiger partial charge on any atom is 0.253 e. The molecule has 324 valence electrons. The molecule has 0 saturated carbocycles. The largest absolute Gasteiger partial charge is 0.512 e.